The Hall–Kier alpha value is -1.26. The van der Waals surface area contributed by atoms with Crippen molar-refractivity contribution in [3.05, 3.63) is 34.3 Å². The minimum absolute atomic E-state index is 0.223. The van der Waals surface area contributed by atoms with E-state index in [1.165, 1.54) is 11.1 Å². The second kappa shape index (κ2) is 6.88. The molecule has 2 rings (SSSR count). The van der Waals surface area contributed by atoms with Gasteiger partial charge in [-0.1, -0.05) is 17.7 Å². The van der Waals surface area contributed by atoms with Gasteiger partial charge in [0.25, 0.3) is 0 Å². The molecule has 0 spiro atoms. The zero-order valence-corrected chi connectivity index (χ0v) is 14.5. The highest BCUT2D eigenvalue weighted by Gasteiger charge is 2.29. The first-order valence-corrected chi connectivity index (χ1v) is 8.09. The Morgan fingerprint density at radius 3 is 2.82 bits per heavy atom. The number of nitrogens with zero attached hydrogens (tertiary/aromatic N) is 1. The summed E-state index contributed by atoms with van der Waals surface area (Å²) in [6, 6.07) is 6.24. The number of carbonyl (C=O) groups excluding carboxylic acids is 1. The Kier molecular flexibility index (Phi) is 5.35. The molecule has 1 aromatic rings. The van der Waals surface area contributed by atoms with Crippen LogP contribution in [0.15, 0.2) is 18.2 Å². The quantitative estimate of drug-likeness (QED) is 0.920. The van der Waals surface area contributed by atoms with Crippen molar-refractivity contribution in [3.8, 4) is 0 Å². The van der Waals surface area contributed by atoms with Crippen LogP contribution in [0.25, 0.3) is 0 Å². The molecule has 1 unspecified atom stereocenters. The van der Waals surface area contributed by atoms with Crippen molar-refractivity contribution in [2.75, 3.05) is 13.1 Å². The van der Waals surface area contributed by atoms with Gasteiger partial charge in [0.2, 0.25) is 0 Å². The average molecular weight is 325 g/mol. The Morgan fingerprint density at radius 1 is 1.45 bits per heavy atom. The molecule has 4 nitrogen and oxygen atoms in total. The van der Waals surface area contributed by atoms with Crippen LogP contribution in [0.5, 0.6) is 0 Å². The Bertz CT molecular complexity index is 540. The number of likely N-dealkylation sites (tertiary alicyclic amines) is 1. The third kappa shape index (κ3) is 4.89. The van der Waals surface area contributed by atoms with Crippen LogP contribution in [-0.4, -0.2) is 35.7 Å². The number of hydrogen-bond donors (Lipinski definition) is 1. The van der Waals surface area contributed by atoms with E-state index in [0.717, 1.165) is 24.5 Å². The molecular formula is C17H25ClN2O2. The van der Waals surface area contributed by atoms with E-state index in [1.54, 1.807) is 4.90 Å². The molecule has 0 saturated carbocycles. The number of halogens is 1. The molecule has 0 aliphatic carbocycles. The number of benzene rings is 1. The van der Waals surface area contributed by atoms with E-state index in [-0.39, 0.29) is 6.09 Å². The van der Waals surface area contributed by atoms with E-state index in [0.29, 0.717) is 12.6 Å². The number of hydrogen-bond acceptors (Lipinski definition) is 3. The van der Waals surface area contributed by atoms with Gasteiger partial charge in [-0.2, -0.15) is 0 Å². The minimum atomic E-state index is -0.441. The monoisotopic (exact) mass is 324 g/mol. The number of ether oxygens (including phenoxy) is 1. The van der Waals surface area contributed by atoms with Gasteiger partial charge in [0.15, 0.2) is 0 Å². The lowest BCUT2D eigenvalue weighted by atomic mass is 10.1. The maximum atomic E-state index is 12.0. The van der Waals surface area contributed by atoms with E-state index >= 15 is 0 Å². The molecule has 0 aromatic heterocycles. The van der Waals surface area contributed by atoms with E-state index < -0.39 is 5.60 Å². The summed E-state index contributed by atoms with van der Waals surface area (Å²) in [6.45, 7) is 9.95. The van der Waals surface area contributed by atoms with Gasteiger partial charge >= 0.3 is 6.09 Å². The van der Waals surface area contributed by atoms with Gasteiger partial charge in [-0.25, -0.2) is 4.79 Å². The second-order valence-electron chi connectivity index (χ2n) is 6.86. The smallest absolute Gasteiger partial charge is 0.410 e. The largest absolute Gasteiger partial charge is 0.444 e. The van der Waals surface area contributed by atoms with Crippen molar-refractivity contribution in [3.63, 3.8) is 0 Å². The van der Waals surface area contributed by atoms with Crippen LogP contribution in [0, 0.1) is 6.92 Å². The Balaban J connectivity index is 1.82. The van der Waals surface area contributed by atoms with Crippen molar-refractivity contribution in [2.45, 2.75) is 52.3 Å². The van der Waals surface area contributed by atoms with Gasteiger partial charge in [-0.05, 0) is 57.4 Å². The third-order valence-corrected chi connectivity index (χ3v) is 3.96. The Labute approximate surface area is 137 Å². The van der Waals surface area contributed by atoms with Crippen LogP contribution in [-0.2, 0) is 11.3 Å². The molecule has 1 fully saturated rings. The zero-order valence-electron chi connectivity index (χ0n) is 13.8. The van der Waals surface area contributed by atoms with E-state index in [2.05, 4.69) is 12.2 Å². The molecule has 0 radical (unpaired) electrons. The van der Waals surface area contributed by atoms with Crippen LogP contribution in [0.3, 0.4) is 0 Å². The molecule has 5 heteroatoms. The van der Waals surface area contributed by atoms with Gasteiger partial charge < -0.3 is 15.0 Å². The van der Waals surface area contributed by atoms with Gasteiger partial charge in [-0.3, -0.25) is 0 Å². The summed E-state index contributed by atoms with van der Waals surface area (Å²) >= 11 is 5.97. The lowest BCUT2D eigenvalue weighted by Crippen LogP contribution is -2.38. The van der Waals surface area contributed by atoms with Crippen LogP contribution >= 0.6 is 11.6 Å². The zero-order chi connectivity index (χ0) is 16.3. The highest BCUT2D eigenvalue weighted by Crippen LogP contribution is 2.18. The van der Waals surface area contributed by atoms with Gasteiger partial charge in [-0.15, -0.1) is 0 Å². The van der Waals surface area contributed by atoms with Gasteiger partial charge in [0.1, 0.15) is 5.60 Å². The first-order valence-electron chi connectivity index (χ1n) is 7.71. The van der Waals surface area contributed by atoms with Gasteiger partial charge in [0, 0.05) is 30.7 Å². The lowest BCUT2D eigenvalue weighted by Gasteiger charge is -2.24. The molecule has 1 aliphatic rings. The summed E-state index contributed by atoms with van der Waals surface area (Å²) in [5, 5.41) is 4.28. The standard InChI is InChI=1S/C17H25ClN2O2/c1-12-9-14(18)6-5-13(12)10-19-15-7-8-20(11-15)16(21)22-17(2,3)4/h5-6,9,15,19H,7-8,10-11H2,1-4H3. The van der Waals surface area contributed by atoms with Crippen molar-refractivity contribution >= 4 is 17.7 Å². The molecule has 1 heterocycles. The summed E-state index contributed by atoms with van der Waals surface area (Å²) in [6.07, 6.45) is 0.728. The average Bonchev–Trinajstić information content (AvgIpc) is 2.84. The predicted molar refractivity (Wildman–Crippen MR) is 89.2 cm³/mol. The summed E-state index contributed by atoms with van der Waals surface area (Å²) in [7, 11) is 0. The van der Waals surface area contributed by atoms with Crippen LogP contribution in [0.1, 0.15) is 38.3 Å². The molecule has 22 heavy (non-hydrogen) atoms. The lowest BCUT2D eigenvalue weighted by molar-refractivity contribution is 0.0291. The molecule has 1 saturated heterocycles. The summed E-state index contributed by atoms with van der Waals surface area (Å²) in [5.74, 6) is 0. The molecule has 1 N–H and O–H groups in total. The normalized spacial score (nSPS) is 18.6. The fraction of sp³-hybridized carbons (Fsp3) is 0.588. The maximum absolute atomic E-state index is 12.0. The molecule has 1 atom stereocenters. The predicted octanol–water partition coefficient (Wildman–Crippen LogP) is 3.75. The molecule has 122 valence electrons. The van der Waals surface area contributed by atoms with E-state index in [9.17, 15) is 4.79 Å². The fourth-order valence-electron chi connectivity index (χ4n) is 2.53. The maximum Gasteiger partial charge on any atom is 0.410 e. The topological polar surface area (TPSA) is 41.6 Å². The summed E-state index contributed by atoms with van der Waals surface area (Å²) in [5.41, 5.74) is 1.98. The number of aryl methyl sites for hydroxylation is 1. The fourth-order valence-corrected chi connectivity index (χ4v) is 2.76. The minimum Gasteiger partial charge on any atom is -0.444 e. The summed E-state index contributed by atoms with van der Waals surface area (Å²) in [4.78, 5) is 13.8. The number of amides is 1. The van der Waals surface area contributed by atoms with Crippen LogP contribution in [0.2, 0.25) is 5.02 Å². The van der Waals surface area contributed by atoms with Crippen molar-refractivity contribution in [1.82, 2.24) is 10.2 Å². The Morgan fingerprint density at radius 2 is 2.18 bits per heavy atom. The second-order valence-corrected chi connectivity index (χ2v) is 7.30. The van der Waals surface area contributed by atoms with Crippen LogP contribution < -0.4 is 5.32 Å². The first kappa shape index (κ1) is 17.1. The van der Waals surface area contributed by atoms with Crippen LogP contribution in [0.4, 0.5) is 4.79 Å². The third-order valence-electron chi connectivity index (χ3n) is 3.73. The van der Waals surface area contributed by atoms with Crippen molar-refractivity contribution < 1.29 is 9.53 Å². The van der Waals surface area contributed by atoms with E-state index in [1.807, 2.05) is 39.0 Å². The molecular weight excluding hydrogens is 300 g/mol. The van der Waals surface area contributed by atoms with Crippen molar-refractivity contribution in [2.24, 2.45) is 0 Å². The number of carbonyl (C=O) groups is 1. The molecule has 1 amide bonds. The highest BCUT2D eigenvalue weighted by atomic mass is 35.5. The number of nitrogens with one attached hydrogen (secondary N) is 1. The first-order chi connectivity index (χ1) is 10.2. The van der Waals surface area contributed by atoms with E-state index in [4.69, 9.17) is 16.3 Å². The molecule has 0 bridgehead atoms. The number of rotatable bonds is 3. The molecule has 1 aromatic carbocycles. The molecule has 1 aliphatic heterocycles. The SMILES string of the molecule is Cc1cc(Cl)ccc1CNC1CCN(C(=O)OC(C)(C)C)C1. The van der Waals surface area contributed by atoms with Gasteiger partial charge in [0.05, 0.1) is 0 Å². The highest BCUT2D eigenvalue weighted by molar-refractivity contribution is 6.30. The summed E-state index contributed by atoms with van der Waals surface area (Å²) < 4.78 is 5.41. The van der Waals surface area contributed by atoms with Crippen molar-refractivity contribution in [1.29, 1.82) is 0 Å².